The third-order valence-corrected chi connectivity index (χ3v) is 4.08. The lowest BCUT2D eigenvalue weighted by molar-refractivity contribution is 0.102. The highest BCUT2D eigenvalue weighted by Gasteiger charge is 2.09. The molecule has 2 N–H and O–H groups in total. The Balaban J connectivity index is 1.55. The number of rotatable bonds is 6. The molecule has 0 saturated heterocycles. The number of hydrogen-bond donors (Lipinski definition) is 2. The summed E-state index contributed by atoms with van der Waals surface area (Å²) in [5.41, 5.74) is 4.67. The Morgan fingerprint density at radius 2 is 1.73 bits per heavy atom. The lowest BCUT2D eigenvalue weighted by atomic mass is 10.1. The first kappa shape index (κ1) is 17.6. The van der Waals surface area contributed by atoms with Crippen molar-refractivity contribution in [3.63, 3.8) is 0 Å². The molecule has 5 heteroatoms. The fraction of sp³-hybridized carbons (Fsp3) is 0.190. The van der Waals surface area contributed by atoms with Crippen molar-refractivity contribution in [2.24, 2.45) is 0 Å². The highest BCUT2D eigenvalue weighted by atomic mass is 16.1. The van der Waals surface area contributed by atoms with Crippen molar-refractivity contribution < 1.29 is 4.79 Å². The molecule has 0 atom stereocenters. The van der Waals surface area contributed by atoms with Gasteiger partial charge in [0.25, 0.3) is 5.91 Å². The van der Waals surface area contributed by atoms with Crippen molar-refractivity contribution in [3.8, 4) is 0 Å². The zero-order valence-corrected chi connectivity index (χ0v) is 15.0. The molecule has 0 aliphatic carbocycles. The average molecular weight is 346 g/mol. The van der Waals surface area contributed by atoms with Gasteiger partial charge in [-0.15, -0.1) is 0 Å². The monoisotopic (exact) mass is 346 g/mol. The molecule has 1 heterocycles. The van der Waals surface area contributed by atoms with Crippen LogP contribution in [0.3, 0.4) is 0 Å². The van der Waals surface area contributed by atoms with Crippen LogP contribution >= 0.6 is 0 Å². The lowest BCUT2D eigenvalue weighted by Gasteiger charge is -2.09. The highest BCUT2D eigenvalue weighted by Crippen LogP contribution is 2.17. The largest absolute Gasteiger partial charge is 0.354 e. The predicted octanol–water partition coefficient (Wildman–Crippen LogP) is 4.00. The van der Waals surface area contributed by atoms with Crippen LogP contribution in [0.15, 0.2) is 60.9 Å². The summed E-state index contributed by atoms with van der Waals surface area (Å²) in [4.78, 5) is 20.8. The van der Waals surface area contributed by atoms with Gasteiger partial charge in [0.15, 0.2) is 0 Å². The summed E-state index contributed by atoms with van der Waals surface area (Å²) < 4.78 is 0. The van der Waals surface area contributed by atoms with Crippen molar-refractivity contribution in [3.05, 3.63) is 83.2 Å². The second-order valence-corrected chi connectivity index (χ2v) is 6.23. The second-order valence-electron chi connectivity index (χ2n) is 6.23. The van der Waals surface area contributed by atoms with Gasteiger partial charge < -0.3 is 10.6 Å². The molecule has 1 aromatic heterocycles. The van der Waals surface area contributed by atoms with Gasteiger partial charge in [0.1, 0.15) is 0 Å². The Kier molecular flexibility index (Phi) is 5.59. The third kappa shape index (κ3) is 4.66. The van der Waals surface area contributed by atoms with Crippen molar-refractivity contribution in [2.45, 2.75) is 20.3 Å². The van der Waals surface area contributed by atoms with Gasteiger partial charge in [-0.3, -0.25) is 4.79 Å². The molecule has 0 spiro atoms. The van der Waals surface area contributed by atoms with E-state index in [0.29, 0.717) is 11.5 Å². The predicted molar refractivity (Wildman–Crippen MR) is 105 cm³/mol. The summed E-state index contributed by atoms with van der Waals surface area (Å²) >= 11 is 0. The molecule has 0 aliphatic rings. The van der Waals surface area contributed by atoms with Crippen LogP contribution in [0.4, 0.5) is 11.6 Å². The fourth-order valence-electron chi connectivity index (χ4n) is 2.65. The Morgan fingerprint density at radius 1 is 1.00 bits per heavy atom. The highest BCUT2D eigenvalue weighted by molar-refractivity contribution is 6.04. The van der Waals surface area contributed by atoms with Crippen molar-refractivity contribution in [2.75, 3.05) is 17.2 Å². The van der Waals surface area contributed by atoms with E-state index in [4.69, 9.17) is 0 Å². The zero-order chi connectivity index (χ0) is 18.4. The molecule has 1 amide bonds. The molecule has 0 bridgehead atoms. The van der Waals surface area contributed by atoms with Crippen molar-refractivity contribution in [1.29, 1.82) is 0 Å². The van der Waals surface area contributed by atoms with E-state index in [9.17, 15) is 4.79 Å². The molecule has 132 valence electrons. The van der Waals surface area contributed by atoms with Gasteiger partial charge >= 0.3 is 0 Å². The topological polar surface area (TPSA) is 66.9 Å². The molecule has 0 fully saturated rings. The average Bonchev–Trinajstić information content (AvgIpc) is 2.65. The molecule has 3 aromatic rings. The SMILES string of the molecule is Cc1ccc(NC(=O)c2cnc(NCCc3ccccc3)nc2)c(C)c1. The molecule has 5 nitrogen and oxygen atoms in total. The molecule has 0 radical (unpaired) electrons. The number of carbonyl (C=O) groups excluding carboxylic acids is 1. The first-order valence-corrected chi connectivity index (χ1v) is 8.60. The maximum absolute atomic E-state index is 12.4. The normalized spacial score (nSPS) is 10.4. The fourth-order valence-corrected chi connectivity index (χ4v) is 2.65. The van der Waals surface area contributed by atoms with Gasteiger partial charge in [-0.05, 0) is 37.5 Å². The van der Waals surface area contributed by atoms with Crippen LogP contribution in [0.25, 0.3) is 0 Å². The minimum Gasteiger partial charge on any atom is -0.354 e. The summed E-state index contributed by atoms with van der Waals surface area (Å²) in [5.74, 6) is 0.303. The first-order chi connectivity index (χ1) is 12.6. The Bertz CT molecular complexity index is 876. The molecular weight excluding hydrogens is 324 g/mol. The number of nitrogens with zero attached hydrogens (tertiary/aromatic N) is 2. The van der Waals surface area contributed by atoms with Gasteiger partial charge in [-0.2, -0.15) is 0 Å². The maximum Gasteiger partial charge on any atom is 0.258 e. The number of anilines is 2. The number of hydrogen-bond acceptors (Lipinski definition) is 4. The van der Waals surface area contributed by atoms with Crippen LogP contribution in [-0.2, 0) is 6.42 Å². The van der Waals surface area contributed by atoms with Crippen LogP contribution < -0.4 is 10.6 Å². The summed E-state index contributed by atoms with van der Waals surface area (Å²) in [6.45, 7) is 4.73. The van der Waals surface area contributed by atoms with Gasteiger partial charge in [-0.1, -0.05) is 48.0 Å². The smallest absolute Gasteiger partial charge is 0.258 e. The summed E-state index contributed by atoms with van der Waals surface area (Å²) in [5, 5.41) is 6.07. The molecule has 2 aromatic carbocycles. The summed E-state index contributed by atoms with van der Waals surface area (Å²) in [7, 11) is 0. The summed E-state index contributed by atoms with van der Waals surface area (Å²) in [6, 6.07) is 16.1. The zero-order valence-electron chi connectivity index (χ0n) is 15.0. The first-order valence-electron chi connectivity index (χ1n) is 8.60. The molecule has 0 aliphatic heterocycles. The van der Waals surface area contributed by atoms with Crippen molar-refractivity contribution in [1.82, 2.24) is 9.97 Å². The van der Waals surface area contributed by atoms with Gasteiger partial charge in [0.2, 0.25) is 5.95 Å². The lowest BCUT2D eigenvalue weighted by Crippen LogP contribution is -2.14. The molecule has 0 unspecified atom stereocenters. The van der Waals surface area contributed by atoms with E-state index < -0.39 is 0 Å². The number of aryl methyl sites for hydroxylation is 2. The molecular formula is C21H22N4O. The van der Waals surface area contributed by atoms with Crippen LogP contribution in [0.5, 0.6) is 0 Å². The Hall–Kier alpha value is -3.21. The van der Waals surface area contributed by atoms with E-state index in [0.717, 1.165) is 29.8 Å². The van der Waals surface area contributed by atoms with Gasteiger partial charge in [0, 0.05) is 24.6 Å². The van der Waals surface area contributed by atoms with E-state index in [1.54, 1.807) is 0 Å². The quantitative estimate of drug-likeness (QED) is 0.708. The van der Waals surface area contributed by atoms with Crippen LogP contribution in [0, 0.1) is 13.8 Å². The van der Waals surface area contributed by atoms with E-state index in [2.05, 4.69) is 32.7 Å². The Morgan fingerprint density at radius 3 is 2.42 bits per heavy atom. The number of carbonyl (C=O) groups is 1. The van der Waals surface area contributed by atoms with Gasteiger partial charge in [0.05, 0.1) is 5.56 Å². The standard InChI is InChI=1S/C21H22N4O/c1-15-8-9-19(16(2)12-15)25-20(26)18-13-23-21(24-14-18)22-11-10-17-6-4-3-5-7-17/h3-9,12-14H,10-11H2,1-2H3,(H,25,26)(H,22,23,24). The van der Waals surface area contributed by atoms with E-state index >= 15 is 0 Å². The minimum absolute atomic E-state index is 0.215. The third-order valence-electron chi connectivity index (χ3n) is 4.08. The van der Waals surface area contributed by atoms with E-state index in [-0.39, 0.29) is 5.91 Å². The summed E-state index contributed by atoms with van der Waals surface area (Å²) in [6.07, 6.45) is 3.96. The van der Waals surface area contributed by atoms with Crippen molar-refractivity contribution >= 4 is 17.5 Å². The maximum atomic E-state index is 12.4. The van der Waals surface area contributed by atoms with E-state index in [1.807, 2.05) is 50.2 Å². The number of benzene rings is 2. The second kappa shape index (κ2) is 8.25. The molecule has 3 rings (SSSR count). The Labute approximate surface area is 153 Å². The van der Waals surface area contributed by atoms with Crippen LogP contribution in [-0.4, -0.2) is 22.4 Å². The molecule has 26 heavy (non-hydrogen) atoms. The van der Waals surface area contributed by atoms with Gasteiger partial charge in [-0.25, -0.2) is 9.97 Å². The van der Waals surface area contributed by atoms with Crippen LogP contribution in [0.1, 0.15) is 27.0 Å². The van der Waals surface area contributed by atoms with Crippen LogP contribution in [0.2, 0.25) is 0 Å². The molecule has 0 saturated carbocycles. The number of nitrogens with one attached hydrogen (secondary N) is 2. The minimum atomic E-state index is -0.215. The number of aromatic nitrogens is 2. The van der Waals surface area contributed by atoms with E-state index in [1.165, 1.54) is 18.0 Å². The number of amides is 1.